The van der Waals surface area contributed by atoms with Crippen LogP contribution in [0.4, 0.5) is 0 Å². The van der Waals surface area contributed by atoms with Crippen molar-refractivity contribution in [1.29, 1.82) is 0 Å². The zero-order valence-electron chi connectivity index (χ0n) is 8.12. The van der Waals surface area contributed by atoms with Gasteiger partial charge >= 0.3 is 0 Å². The summed E-state index contributed by atoms with van der Waals surface area (Å²) in [5.41, 5.74) is 0.0941. The highest BCUT2D eigenvalue weighted by atomic mass is 35.5. The van der Waals surface area contributed by atoms with Crippen molar-refractivity contribution < 1.29 is 14.6 Å². The Morgan fingerprint density at radius 2 is 1.80 bits per heavy atom. The van der Waals surface area contributed by atoms with Crippen LogP contribution in [0.2, 0.25) is 5.02 Å². The Hall–Kier alpha value is -0.930. The van der Waals surface area contributed by atoms with Crippen LogP contribution in [-0.4, -0.2) is 18.3 Å². The van der Waals surface area contributed by atoms with E-state index in [2.05, 4.69) is 0 Å². The summed E-state index contributed by atoms with van der Waals surface area (Å²) in [6, 6.07) is 3.57. The third-order valence-electron chi connectivity index (χ3n) is 2.87. The SMILES string of the molecule is OC1(c2ccc(Cl)c3c2OCCO3)CC1. The largest absolute Gasteiger partial charge is 0.486 e. The minimum Gasteiger partial charge on any atom is -0.486 e. The van der Waals surface area contributed by atoms with Gasteiger partial charge in [0.05, 0.1) is 10.6 Å². The first-order chi connectivity index (χ1) is 7.21. The van der Waals surface area contributed by atoms with Crippen LogP contribution >= 0.6 is 11.6 Å². The van der Waals surface area contributed by atoms with Crippen molar-refractivity contribution >= 4 is 11.6 Å². The van der Waals surface area contributed by atoms with E-state index in [1.54, 1.807) is 6.07 Å². The Bertz CT molecular complexity index is 413. The second kappa shape index (κ2) is 3.03. The summed E-state index contributed by atoms with van der Waals surface area (Å²) in [4.78, 5) is 0. The molecule has 1 aliphatic heterocycles. The Balaban J connectivity index is 2.15. The molecule has 1 heterocycles. The summed E-state index contributed by atoms with van der Waals surface area (Å²) in [6.45, 7) is 1.02. The minimum atomic E-state index is -0.713. The maximum atomic E-state index is 10.1. The van der Waals surface area contributed by atoms with E-state index in [-0.39, 0.29) is 0 Å². The van der Waals surface area contributed by atoms with Crippen LogP contribution in [0.25, 0.3) is 0 Å². The molecular formula is C11H11ClO3. The van der Waals surface area contributed by atoms with E-state index in [0.717, 1.165) is 18.4 Å². The third-order valence-corrected chi connectivity index (χ3v) is 3.16. The number of hydrogen-bond donors (Lipinski definition) is 1. The molecule has 1 aliphatic carbocycles. The molecule has 1 aromatic carbocycles. The molecule has 80 valence electrons. The maximum absolute atomic E-state index is 10.1. The minimum absolute atomic E-state index is 0.509. The van der Waals surface area contributed by atoms with Crippen LogP contribution in [0.5, 0.6) is 11.5 Å². The number of fused-ring (bicyclic) bond motifs is 1. The number of rotatable bonds is 1. The Morgan fingerprint density at radius 1 is 1.13 bits per heavy atom. The number of halogens is 1. The van der Waals surface area contributed by atoms with E-state index in [9.17, 15) is 5.11 Å². The smallest absolute Gasteiger partial charge is 0.180 e. The van der Waals surface area contributed by atoms with Gasteiger partial charge in [-0.1, -0.05) is 17.7 Å². The predicted octanol–water partition coefficient (Wildman–Crippen LogP) is 2.09. The van der Waals surface area contributed by atoms with Gasteiger partial charge in [-0.25, -0.2) is 0 Å². The lowest BCUT2D eigenvalue weighted by Crippen LogP contribution is -2.19. The lowest BCUT2D eigenvalue weighted by Gasteiger charge is -2.23. The summed E-state index contributed by atoms with van der Waals surface area (Å²) in [5, 5.41) is 10.6. The fourth-order valence-electron chi connectivity index (χ4n) is 1.86. The van der Waals surface area contributed by atoms with Crippen molar-refractivity contribution in [2.45, 2.75) is 18.4 Å². The summed E-state index contributed by atoms with van der Waals surface area (Å²) in [5.74, 6) is 1.19. The van der Waals surface area contributed by atoms with Crippen molar-refractivity contribution in [3.8, 4) is 11.5 Å². The zero-order chi connectivity index (χ0) is 10.5. The standard InChI is InChI=1S/C11H11ClO3/c12-8-2-1-7(11(13)3-4-11)9-10(8)15-6-5-14-9/h1-2,13H,3-6H2. The first kappa shape index (κ1) is 9.31. The molecule has 0 saturated heterocycles. The molecule has 0 bridgehead atoms. The topological polar surface area (TPSA) is 38.7 Å². The van der Waals surface area contributed by atoms with Gasteiger partial charge in [-0.2, -0.15) is 0 Å². The number of hydrogen-bond acceptors (Lipinski definition) is 3. The van der Waals surface area contributed by atoms with Crippen molar-refractivity contribution in [3.63, 3.8) is 0 Å². The third kappa shape index (κ3) is 1.38. The van der Waals surface area contributed by atoms with Crippen LogP contribution in [0.3, 0.4) is 0 Å². The fourth-order valence-corrected chi connectivity index (χ4v) is 2.06. The average Bonchev–Trinajstić information content (AvgIpc) is 2.98. The predicted molar refractivity (Wildman–Crippen MR) is 55.6 cm³/mol. The number of aliphatic hydroxyl groups is 1. The second-order valence-corrected chi connectivity index (χ2v) is 4.39. The quantitative estimate of drug-likeness (QED) is 0.797. The van der Waals surface area contributed by atoms with E-state index in [1.807, 2.05) is 6.07 Å². The molecule has 0 spiro atoms. The highest BCUT2D eigenvalue weighted by molar-refractivity contribution is 6.32. The van der Waals surface area contributed by atoms with Crippen LogP contribution in [-0.2, 0) is 5.60 Å². The number of ether oxygens (including phenoxy) is 2. The molecule has 0 atom stereocenters. The van der Waals surface area contributed by atoms with Crippen molar-refractivity contribution in [3.05, 3.63) is 22.7 Å². The van der Waals surface area contributed by atoms with Crippen molar-refractivity contribution in [1.82, 2.24) is 0 Å². The van der Waals surface area contributed by atoms with E-state index < -0.39 is 5.60 Å². The Labute approximate surface area is 92.6 Å². The van der Waals surface area contributed by atoms with Gasteiger partial charge in [0.1, 0.15) is 13.2 Å². The summed E-state index contributed by atoms with van der Waals surface area (Å²) >= 11 is 6.00. The van der Waals surface area contributed by atoms with E-state index >= 15 is 0 Å². The van der Waals surface area contributed by atoms with E-state index in [4.69, 9.17) is 21.1 Å². The van der Waals surface area contributed by atoms with Crippen LogP contribution in [0, 0.1) is 0 Å². The normalized spacial score (nSPS) is 21.2. The van der Waals surface area contributed by atoms with Gasteiger partial charge in [-0.05, 0) is 18.9 Å². The maximum Gasteiger partial charge on any atom is 0.180 e. The zero-order valence-corrected chi connectivity index (χ0v) is 8.88. The van der Waals surface area contributed by atoms with Gasteiger partial charge in [-0.15, -0.1) is 0 Å². The molecule has 1 aromatic rings. The summed E-state index contributed by atoms with van der Waals surface area (Å²) < 4.78 is 11.0. The molecule has 1 saturated carbocycles. The molecule has 15 heavy (non-hydrogen) atoms. The highest BCUT2D eigenvalue weighted by Gasteiger charge is 2.45. The Morgan fingerprint density at radius 3 is 2.47 bits per heavy atom. The second-order valence-electron chi connectivity index (χ2n) is 3.98. The van der Waals surface area contributed by atoms with Gasteiger partial charge in [-0.3, -0.25) is 0 Å². The van der Waals surface area contributed by atoms with Crippen LogP contribution < -0.4 is 9.47 Å². The van der Waals surface area contributed by atoms with Gasteiger partial charge in [0, 0.05) is 5.56 Å². The van der Waals surface area contributed by atoms with Crippen molar-refractivity contribution in [2.75, 3.05) is 13.2 Å². The van der Waals surface area contributed by atoms with Gasteiger partial charge < -0.3 is 14.6 Å². The van der Waals surface area contributed by atoms with Gasteiger partial charge in [0.25, 0.3) is 0 Å². The van der Waals surface area contributed by atoms with Crippen LogP contribution in [0.15, 0.2) is 12.1 Å². The van der Waals surface area contributed by atoms with Gasteiger partial charge in [0.2, 0.25) is 0 Å². The van der Waals surface area contributed by atoms with Crippen LogP contribution in [0.1, 0.15) is 18.4 Å². The molecule has 0 amide bonds. The summed E-state index contributed by atoms with van der Waals surface area (Å²) in [7, 11) is 0. The number of benzene rings is 1. The fraction of sp³-hybridized carbons (Fsp3) is 0.455. The first-order valence-corrected chi connectivity index (χ1v) is 5.39. The molecule has 3 nitrogen and oxygen atoms in total. The lowest BCUT2D eigenvalue weighted by molar-refractivity contribution is 0.130. The average molecular weight is 227 g/mol. The summed E-state index contributed by atoms with van der Waals surface area (Å²) in [6.07, 6.45) is 1.56. The molecule has 0 aromatic heterocycles. The molecule has 4 heteroatoms. The molecule has 1 fully saturated rings. The molecule has 0 radical (unpaired) electrons. The molecule has 2 aliphatic rings. The lowest BCUT2D eigenvalue weighted by atomic mass is 10.1. The molecule has 1 N–H and O–H groups in total. The first-order valence-electron chi connectivity index (χ1n) is 5.02. The van der Waals surface area contributed by atoms with E-state index in [1.165, 1.54) is 0 Å². The highest BCUT2D eigenvalue weighted by Crippen LogP contribution is 2.53. The van der Waals surface area contributed by atoms with Crippen molar-refractivity contribution in [2.24, 2.45) is 0 Å². The monoisotopic (exact) mass is 226 g/mol. The van der Waals surface area contributed by atoms with Gasteiger partial charge in [0.15, 0.2) is 11.5 Å². The molecule has 0 unspecified atom stereocenters. The van der Waals surface area contributed by atoms with E-state index in [0.29, 0.717) is 29.7 Å². The Kier molecular flexibility index (Phi) is 1.88. The molecular weight excluding hydrogens is 216 g/mol. The molecule has 3 rings (SSSR count).